The molecule has 2 aromatic rings. The summed E-state index contributed by atoms with van der Waals surface area (Å²) in [6, 6.07) is 15.5. The molecular formula is C21H28ClN3O4S2. The zero-order chi connectivity index (χ0) is 22.5. The molecule has 2 aromatic carbocycles. The minimum atomic E-state index is -3.89. The second-order valence-electron chi connectivity index (χ2n) is 7.59. The first-order valence-corrected chi connectivity index (χ1v) is 13.6. The quantitative estimate of drug-likeness (QED) is 0.589. The number of rotatable bonds is 9. The maximum Gasteiger partial charge on any atom is 0.243 e. The molecule has 31 heavy (non-hydrogen) atoms. The van der Waals surface area contributed by atoms with Crippen LogP contribution in [0.2, 0.25) is 5.02 Å². The van der Waals surface area contributed by atoms with Crippen LogP contribution in [0.5, 0.6) is 0 Å². The van der Waals surface area contributed by atoms with Gasteiger partial charge in [-0.1, -0.05) is 48.9 Å². The van der Waals surface area contributed by atoms with E-state index in [0.29, 0.717) is 31.2 Å². The molecule has 0 spiro atoms. The van der Waals surface area contributed by atoms with Gasteiger partial charge in [0.1, 0.15) is 0 Å². The molecule has 1 atom stereocenters. The molecule has 1 N–H and O–H groups in total. The summed E-state index contributed by atoms with van der Waals surface area (Å²) in [6.45, 7) is 3.97. The van der Waals surface area contributed by atoms with Crippen LogP contribution in [0.15, 0.2) is 59.5 Å². The van der Waals surface area contributed by atoms with E-state index in [1.165, 1.54) is 32.9 Å². The third-order valence-corrected chi connectivity index (χ3v) is 9.35. The zero-order valence-corrected chi connectivity index (χ0v) is 19.8. The average molecular weight is 486 g/mol. The van der Waals surface area contributed by atoms with Crippen LogP contribution in [0, 0.1) is 0 Å². The molecule has 1 saturated heterocycles. The maximum absolute atomic E-state index is 13.4. The van der Waals surface area contributed by atoms with Gasteiger partial charge >= 0.3 is 0 Å². The molecule has 7 nitrogen and oxygen atoms in total. The largest absolute Gasteiger partial charge is 0.314 e. The van der Waals surface area contributed by atoms with E-state index < -0.39 is 20.0 Å². The smallest absolute Gasteiger partial charge is 0.243 e. The predicted molar refractivity (Wildman–Crippen MR) is 123 cm³/mol. The van der Waals surface area contributed by atoms with E-state index in [4.69, 9.17) is 11.6 Å². The number of piperazine rings is 1. The monoisotopic (exact) mass is 485 g/mol. The second kappa shape index (κ2) is 10.4. The molecular weight excluding hydrogens is 458 g/mol. The van der Waals surface area contributed by atoms with E-state index in [0.717, 1.165) is 5.56 Å². The van der Waals surface area contributed by atoms with Crippen molar-refractivity contribution in [2.45, 2.75) is 17.7 Å². The lowest BCUT2D eigenvalue weighted by Gasteiger charge is -2.29. The van der Waals surface area contributed by atoms with Crippen LogP contribution in [0.1, 0.15) is 18.4 Å². The highest BCUT2D eigenvalue weighted by Gasteiger charge is 2.30. The summed E-state index contributed by atoms with van der Waals surface area (Å²) in [5.74, 6) is -0.369. The summed E-state index contributed by atoms with van der Waals surface area (Å²) < 4.78 is 55.1. The molecule has 10 heteroatoms. The zero-order valence-electron chi connectivity index (χ0n) is 17.4. The topological polar surface area (TPSA) is 86.8 Å². The average Bonchev–Trinajstić information content (AvgIpc) is 2.78. The van der Waals surface area contributed by atoms with Crippen LogP contribution in [0.25, 0.3) is 0 Å². The van der Waals surface area contributed by atoms with E-state index in [1.807, 2.05) is 37.3 Å². The molecule has 0 radical (unpaired) electrons. The highest BCUT2D eigenvalue weighted by Crippen LogP contribution is 2.23. The lowest BCUT2D eigenvalue weighted by molar-refractivity contribution is 0.354. The Morgan fingerprint density at radius 3 is 2.23 bits per heavy atom. The molecule has 1 fully saturated rings. The van der Waals surface area contributed by atoms with Gasteiger partial charge in [-0.25, -0.2) is 16.8 Å². The molecule has 0 bridgehead atoms. The van der Waals surface area contributed by atoms with Crippen molar-refractivity contribution >= 4 is 31.6 Å². The molecule has 0 aromatic heterocycles. The SMILES string of the molecule is C[C@H](CN(CCS(=O)(=O)N1CCNCC1)S(=O)(=O)c1ccc(Cl)cc1)c1ccccc1. The minimum Gasteiger partial charge on any atom is -0.314 e. The molecule has 1 aliphatic heterocycles. The summed E-state index contributed by atoms with van der Waals surface area (Å²) in [5.41, 5.74) is 0.990. The molecule has 0 saturated carbocycles. The van der Waals surface area contributed by atoms with Crippen molar-refractivity contribution in [2.24, 2.45) is 0 Å². The van der Waals surface area contributed by atoms with Gasteiger partial charge in [0.2, 0.25) is 20.0 Å². The molecule has 0 aliphatic carbocycles. The maximum atomic E-state index is 13.4. The van der Waals surface area contributed by atoms with E-state index >= 15 is 0 Å². The molecule has 1 aliphatic rings. The van der Waals surface area contributed by atoms with Crippen LogP contribution in [-0.2, 0) is 20.0 Å². The Balaban J connectivity index is 1.83. The fourth-order valence-electron chi connectivity index (χ4n) is 3.53. The van der Waals surface area contributed by atoms with Gasteiger partial charge in [-0.2, -0.15) is 8.61 Å². The van der Waals surface area contributed by atoms with Crippen LogP contribution in [-0.4, -0.2) is 70.5 Å². The first-order valence-electron chi connectivity index (χ1n) is 10.2. The number of benzene rings is 2. The number of nitrogens with one attached hydrogen (secondary N) is 1. The minimum absolute atomic E-state index is 0.0942. The first kappa shape index (κ1) is 24.2. The van der Waals surface area contributed by atoms with Gasteiger partial charge in [0.05, 0.1) is 10.6 Å². The third-order valence-electron chi connectivity index (χ3n) is 5.37. The molecule has 3 rings (SSSR count). The lowest BCUT2D eigenvalue weighted by atomic mass is 10.0. The number of nitrogens with zero attached hydrogens (tertiary/aromatic N) is 2. The van der Waals surface area contributed by atoms with Crippen molar-refractivity contribution in [1.82, 2.24) is 13.9 Å². The van der Waals surface area contributed by atoms with E-state index in [9.17, 15) is 16.8 Å². The lowest BCUT2D eigenvalue weighted by Crippen LogP contribution is -2.48. The molecule has 0 unspecified atom stereocenters. The highest BCUT2D eigenvalue weighted by molar-refractivity contribution is 7.90. The number of halogens is 1. The van der Waals surface area contributed by atoms with Gasteiger partial charge < -0.3 is 5.32 Å². The van der Waals surface area contributed by atoms with Gasteiger partial charge in [0.25, 0.3) is 0 Å². The Kier molecular flexibility index (Phi) is 8.12. The highest BCUT2D eigenvalue weighted by atomic mass is 35.5. The number of hydrogen-bond acceptors (Lipinski definition) is 5. The Hall–Kier alpha value is -1.49. The van der Waals surface area contributed by atoms with Crippen molar-refractivity contribution < 1.29 is 16.8 Å². The van der Waals surface area contributed by atoms with E-state index in [2.05, 4.69) is 5.32 Å². The Morgan fingerprint density at radius 1 is 1.00 bits per heavy atom. The van der Waals surface area contributed by atoms with Crippen LogP contribution in [0.3, 0.4) is 0 Å². The molecule has 1 heterocycles. The fourth-order valence-corrected chi connectivity index (χ4v) is 6.75. The molecule has 0 amide bonds. The van der Waals surface area contributed by atoms with E-state index in [-0.39, 0.29) is 29.7 Å². The van der Waals surface area contributed by atoms with Gasteiger partial charge in [-0.15, -0.1) is 0 Å². The summed E-state index contributed by atoms with van der Waals surface area (Å²) in [5, 5.41) is 3.56. The number of hydrogen-bond donors (Lipinski definition) is 1. The predicted octanol–water partition coefficient (Wildman–Crippen LogP) is 2.37. The summed E-state index contributed by atoms with van der Waals surface area (Å²) in [7, 11) is -7.46. The molecule has 170 valence electrons. The Bertz CT molecular complexity index is 1060. The van der Waals surface area contributed by atoms with Gasteiger partial charge in [0.15, 0.2) is 0 Å². The normalized spacial score (nSPS) is 17.0. The van der Waals surface area contributed by atoms with Crippen LogP contribution in [0.4, 0.5) is 0 Å². The van der Waals surface area contributed by atoms with Crippen LogP contribution >= 0.6 is 11.6 Å². The van der Waals surface area contributed by atoms with Crippen molar-refractivity contribution in [3.05, 3.63) is 65.2 Å². The fraction of sp³-hybridized carbons (Fsp3) is 0.429. The summed E-state index contributed by atoms with van der Waals surface area (Å²) in [6.07, 6.45) is 0. The van der Waals surface area contributed by atoms with E-state index in [1.54, 1.807) is 0 Å². The first-order chi connectivity index (χ1) is 14.7. The van der Waals surface area contributed by atoms with Gasteiger partial charge in [-0.3, -0.25) is 0 Å². The second-order valence-corrected chi connectivity index (χ2v) is 12.1. The van der Waals surface area contributed by atoms with Gasteiger partial charge in [-0.05, 0) is 35.7 Å². The summed E-state index contributed by atoms with van der Waals surface area (Å²) in [4.78, 5) is 0.0942. The third kappa shape index (κ3) is 6.27. The standard InChI is InChI=1S/C21H28ClN3O4S2/c1-18(19-5-3-2-4-6-19)17-25(31(28,29)21-9-7-20(22)8-10-21)15-16-30(26,27)24-13-11-23-12-14-24/h2-10,18,23H,11-17H2,1H3/t18-/m1/s1. The Morgan fingerprint density at radius 2 is 1.61 bits per heavy atom. The van der Waals surface area contributed by atoms with Crippen LogP contribution < -0.4 is 5.32 Å². The van der Waals surface area contributed by atoms with Crippen molar-refractivity contribution in [3.63, 3.8) is 0 Å². The Labute approximate surface area is 190 Å². The van der Waals surface area contributed by atoms with Crippen molar-refractivity contribution in [1.29, 1.82) is 0 Å². The summed E-state index contributed by atoms with van der Waals surface area (Å²) >= 11 is 5.91. The van der Waals surface area contributed by atoms with Crippen molar-refractivity contribution in [2.75, 3.05) is 45.0 Å². The van der Waals surface area contributed by atoms with Crippen molar-refractivity contribution in [3.8, 4) is 0 Å². The number of sulfonamides is 2. The van der Waals surface area contributed by atoms with Gasteiger partial charge in [0, 0.05) is 44.3 Å².